The summed E-state index contributed by atoms with van der Waals surface area (Å²) in [5, 5.41) is 0. The number of hydrogen-bond acceptors (Lipinski definition) is 2. The smallest absolute Gasteiger partial charge is 0.0922 e. The number of hydrogen-bond donors (Lipinski definition) is 1. The van der Waals surface area contributed by atoms with E-state index in [1.165, 1.54) is 11.1 Å². The SMILES string of the molecule is Cc1ccccc1C(c1ccccn1)c1cnc[nH]1. The van der Waals surface area contributed by atoms with Crippen LogP contribution in [-0.2, 0) is 0 Å². The van der Waals surface area contributed by atoms with Crippen LogP contribution in [0.4, 0.5) is 0 Å². The van der Waals surface area contributed by atoms with Crippen LogP contribution in [0.2, 0.25) is 0 Å². The van der Waals surface area contributed by atoms with Gasteiger partial charge in [-0.25, -0.2) is 4.98 Å². The maximum absolute atomic E-state index is 4.50. The Morgan fingerprint density at radius 2 is 1.89 bits per heavy atom. The van der Waals surface area contributed by atoms with Gasteiger partial charge in [0.15, 0.2) is 0 Å². The summed E-state index contributed by atoms with van der Waals surface area (Å²) in [6, 6.07) is 14.4. The van der Waals surface area contributed by atoms with Crippen molar-refractivity contribution in [1.29, 1.82) is 0 Å². The summed E-state index contributed by atoms with van der Waals surface area (Å²) < 4.78 is 0. The van der Waals surface area contributed by atoms with Crippen LogP contribution < -0.4 is 0 Å². The van der Waals surface area contributed by atoms with Crippen molar-refractivity contribution in [2.24, 2.45) is 0 Å². The highest BCUT2D eigenvalue weighted by Crippen LogP contribution is 2.30. The van der Waals surface area contributed by atoms with E-state index in [4.69, 9.17) is 0 Å². The first-order valence-corrected chi connectivity index (χ1v) is 6.31. The Labute approximate surface area is 112 Å². The van der Waals surface area contributed by atoms with E-state index in [0.717, 1.165) is 11.4 Å². The molecule has 0 amide bonds. The molecule has 0 spiro atoms. The van der Waals surface area contributed by atoms with Crippen molar-refractivity contribution in [3.63, 3.8) is 0 Å². The average Bonchev–Trinajstić information content (AvgIpc) is 2.96. The van der Waals surface area contributed by atoms with Crippen molar-refractivity contribution in [2.45, 2.75) is 12.8 Å². The summed E-state index contributed by atoms with van der Waals surface area (Å²) in [7, 11) is 0. The molecule has 2 aromatic heterocycles. The Balaban J connectivity index is 2.16. The fourth-order valence-corrected chi connectivity index (χ4v) is 2.37. The largest absolute Gasteiger partial charge is 0.348 e. The number of aromatic nitrogens is 3. The Kier molecular flexibility index (Phi) is 3.11. The molecule has 0 saturated heterocycles. The summed E-state index contributed by atoms with van der Waals surface area (Å²) in [4.78, 5) is 11.9. The van der Waals surface area contributed by atoms with Gasteiger partial charge in [-0.05, 0) is 30.2 Å². The Morgan fingerprint density at radius 3 is 2.58 bits per heavy atom. The quantitative estimate of drug-likeness (QED) is 0.773. The van der Waals surface area contributed by atoms with Crippen molar-refractivity contribution in [3.8, 4) is 0 Å². The van der Waals surface area contributed by atoms with E-state index < -0.39 is 0 Å². The molecule has 0 radical (unpaired) electrons. The number of H-pyrrole nitrogens is 1. The zero-order chi connectivity index (χ0) is 13.1. The molecule has 1 N–H and O–H groups in total. The molecular formula is C16H15N3. The van der Waals surface area contributed by atoms with Gasteiger partial charge in [0.1, 0.15) is 0 Å². The topological polar surface area (TPSA) is 41.6 Å². The standard InChI is InChI=1S/C16H15N3/c1-12-6-2-3-7-13(12)16(15-10-17-11-19-15)14-8-4-5-9-18-14/h2-11,16H,1H3,(H,17,19). The molecule has 3 rings (SSSR count). The second kappa shape index (κ2) is 5.06. The molecule has 3 heteroatoms. The molecule has 19 heavy (non-hydrogen) atoms. The summed E-state index contributed by atoms with van der Waals surface area (Å²) in [6.45, 7) is 2.13. The van der Waals surface area contributed by atoms with Crippen LogP contribution >= 0.6 is 0 Å². The van der Waals surface area contributed by atoms with E-state index in [0.29, 0.717) is 0 Å². The minimum atomic E-state index is 0.102. The third-order valence-electron chi connectivity index (χ3n) is 3.31. The molecule has 0 aliphatic heterocycles. The minimum Gasteiger partial charge on any atom is -0.348 e. The van der Waals surface area contributed by atoms with Gasteiger partial charge in [0, 0.05) is 18.1 Å². The van der Waals surface area contributed by atoms with Crippen LogP contribution in [0, 0.1) is 6.92 Å². The van der Waals surface area contributed by atoms with Gasteiger partial charge in [-0.1, -0.05) is 30.3 Å². The average molecular weight is 249 g/mol. The van der Waals surface area contributed by atoms with Crippen LogP contribution in [0.1, 0.15) is 28.4 Å². The third-order valence-corrected chi connectivity index (χ3v) is 3.31. The van der Waals surface area contributed by atoms with Gasteiger partial charge >= 0.3 is 0 Å². The third kappa shape index (κ3) is 2.27. The molecule has 0 saturated carbocycles. The molecule has 1 unspecified atom stereocenters. The highest BCUT2D eigenvalue weighted by molar-refractivity contribution is 5.40. The summed E-state index contributed by atoms with van der Waals surface area (Å²) in [5.74, 6) is 0.102. The molecule has 2 heterocycles. The predicted octanol–water partition coefficient (Wildman–Crippen LogP) is 3.29. The molecular weight excluding hydrogens is 234 g/mol. The maximum Gasteiger partial charge on any atom is 0.0922 e. The summed E-state index contributed by atoms with van der Waals surface area (Å²) in [5.41, 5.74) is 4.60. The Hall–Kier alpha value is -2.42. The molecule has 0 bridgehead atoms. The van der Waals surface area contributed by atoms with Crippen LogP contribution in [-0.4, -0.2) is 15.0 Å². The molecule has 0 aliphatic rings. The van der Waals surface area contributed by atoms with Gasteiger partial charge in [-0.15, -0.1) is 0 Å². The molecule has 3 nitrogen and oxygen atoms in total. The number of aryl methyl sites for hydroxylation is 1. The fraction of sp³-hybridized carbons (Fsp3) is 0.125. The van der Waals surface area contributed by atoms with Crippen LogP contribution in [0.25, 0.3) is 0 Å². The maximum atomic E-state index is 4.50. The van der Waals surface area contributed by atoms with Crippen LogP contribution in [0.5, 0.6) is 0 Å². The number of nitrogens with zero attached hydrogens (tertiary/aromatic N) is 2. The normalized spacial score (nSPS) is 12.3. The number of pyridine rings is 1. The molecule has 0 aliphatic carbocycles. The minimum absolute atomic E-state index is 0.102. The second-order valence-electron chi connectivity index (χ2n) is 4.55. The van der Waals surface area contributed by atoms with E-state index >= 15 is 0 Å². The van der Waals surface area contributed by atoms with Crippen molar-refractivity contribution >= 4 is 0 Å². The zero-order valence-electron chi connectivity index (χ0n) is 10.7. The van der Waals surface area contributed by atoms with Gasteiger partial charge in [0.05, 0.1) is 17.9 Å². The summed E-state index contributed by atoms with van der Waals surface area (Å²) in [6.07, 6.45) is 5.41. The van der Waals surface area contributed by atoms with E-state index in [9.17, 15) is 0 Å². The van der Waals surface area contributed by atoms with Gasteiger partial charge in [-0.3, -0.25) is 4.98 Å². The van der Waals surface area contributed by atoms with E-state index in [2.05, 4.69) is 52.2 Å². The van der Waals surface area contributed by atoms with Crippen molar-refractivity contribution in [1.82, 2.24) is 15.0 Å². The van der Waals surface area contributed by atoms with Crippen molar-refractivity contribution < 1.29 is 0 Å². The van der Waals surface area contributed by atoms with Gasteiger partial charge in [0.2, 0.25) is 0 Å². The second-order valence-corrected chi connectivity index (χ2v) is 4.55. The first-order chi connectivity index (χ1) is 9.36. The zero-order valence-corrected chi connectivity index (χ0v) is 10.7. The Bertz CT molecular complexity index is 645. The van der Waals surface area contributed by atoms with Crippen LogP contribution in [0.15, 0.2) is 61.2 Å². The number of benzene rings is 1. The van der Waals surface area contributed by atoms with Gasteiger partial charge in [-0.2, -0.15) is 0 Å². The molecule has 0 fully saturated rings. The highest BCUT2D eigenvalue weighted by atomic mass is 14.9. The lowest BCUT2D eigenvalue weighted by Crippen LogP contribution is -2.07. The van der Waals surface area contributed by atoms with Gasteiger partial charge < -0.3 is 4.98 Å². The number of rotatable bonds is 3. The lowest BCUT2D eigenvalue weighted by molar-refractivity contribution is 0.877. The van der Waals surface area contributed by atoms with Crippen molar-refractivity contribution in [2.75, 3.05) is 0 Å². The van der Waals surface area contributed by atoms with E-state index in [1.807, 2.05) is 24.5 Å². The lowest BCUT2D eigenvalue weighted by atomic mass is 9.89. The molecule has 94 valence electrons. The number of aromatic amines is 1. The van der Waals surface area contributed by atoms with Crippen LogP contribution in [0.3, 0.4) is 0 Å². The van der Waals surface area contributed by atoms with Gasteiger partial charge in [0.25, 0.3) is 0 Å². The summed E-state index contributed by atoms with van der Waals surface area (Å²) >= 11 is 0. The predicted molar refractivity (Wildman–Crippen MR) is 74.9 cm³/mol. The molecule has 1 aromatic carbocycles. The first kappa shape index (κ1) is 11.7. The number of imidazole rings is 1. The molecule has 1 atom stereocenters. The molecule has 3 aromatic rings. The van der Waals surface area contributed by atoms with E-state index in [1.54, 1.807) is 6.33 Å². The van der Waals surface area contributed by atoms with Crippen molar-refractivity contribution in [3.05, 3.63) is 83.7 Å². The fourth-order valence-electron chi connectivity index (χ4n) is 2.37. The first-order valence-electron chi connectivity index (χ1n) is 6.31. The monoisotopic (exact) mass is 249 g/mol. The van der Waals surface area contributed by atoms with E-state index in [-0.39, 0.29) is 5.92 Å². The Morgan fingerprint density at radius 1 is 1.05 bits per heavy atom. The highest BCUT2D eigenvalue weighted by Gasteiger charge is 2.20. The lowest BCUT2D eigenvalue weighted by Gasteiger charge is -2.17. The number of nitrogens with one attached hydrogen (secondary N) is 1.